The average molecular weight is 357 g/mol. The Kier molecular flexibility index (Phi) is 6.68. The summed E-state index contributed by atoms with van der Waals surface area (Å²) in [5.41, 5.74) is 0.770. The van der Waals surface area contributed by atoms with Crippen LogP contribution in [-0.2, 0) is 11.2 Å². The van der Waals surface area contributed by atoms with Crippen molar-refractivity contribution in [2.45, 2.75) is 38.8 Å². The van der Waals surface area contributed by atoms with Gasteiger partial charge in [0.05, 0.1) is 0 Å². The molecular formula is C16H25BrN2O2. The molecule has 0 radical (unpaired) electrons. The van der Waals surface area contributed by atoms with E-state index in [1.165, 1.54) is 5.56 Å². The largest absolute Gasteiger partial charge is 0.444 e. The van der Waals surface area contributed by atoms with Crippen LogP contribution in [0.2, 0.25) is 0 Å². The molecule has 0 fully saturated rings. The zero-order valence-corrected chi connectivity index (χ0v) is 15.0. The van der Waals surface area contributed by atoms with Gasteiger partial charge in [-0.2, -0.15) is 0 Å². The molecule has 0 aromatic heterocycles. The summed E-state index contributed by atoms with van der Waals surface area (Å²) in [6.07, 6.45) is 0.501. The minimum Gasteiger partial charge on any atom is -0.444 e. The van der Waals surface area contributed by atoms with E-state index in [-0.39, 0.29) is 12.1 Å². The Morgan fingerprint density at radius 3 is 2.33 bits per heavy atom. The van der Waals surface area contributed by atoms with Gasteiger partial charge >= 0.3 is 6.09 Å². The van der Waals surface area contributed by atoms with E-state index in [1.807, 2.05) is 47.0 Å². The van der Waals surface area contributed by atoms with Crippen LogP contribution in [0.3, 0.4) is 0 Å². The van der Waals surface area contributed by atoms with E-state index in [0.29, 0.717) is 6.54 Å². The lowest BCUT2D eigenvalue weighted by Gasteiger charge is -2.26. The quantitative estimate of drug-likeness (QED) is 0.878. The molecule has 21 heavy (non-hydrogen) atoms. The van der Waals surface area contributed by atoms with E-state index in [4.69, 9.17) is 4.74 Å². The summed E-state index contributed by atoms with van der Waals surface area (Å²) in [7, 11) is 4.03. The first-order chi connectivity index (χ1) is 9.67. The van der Waals surface area contributed by atoms with Crippen LogP contribution in [0.1, 0.15) is 26.3 Å². The monoisotopic (exact) mass is 356 g/mol. The minimum atomic E-state index is -0.469. The number of benzene rings is 1. The van der Waals surface area contributed by atoms with Crippen LogP contribution in [-0.4, -0.2) is 43.3 Å². The fourth-order valence-electron chi connectivity index (χ4n) is 1.85. The zero-order valence-electron chi connectivity index (χ0n) is 13.4. The van der Waals surface area contributed by atoms with Gasteiger partial charge in [-0.15, -0.1) is 0 Å². The fourth-order valence-corrected chi connectivity index (χ4v) is 2.11. The molecular weight excluding hydrogens is 332 g/mol. The molecule has 1 N–H and O–H groups in total. The van der Waals surface area contributed by atoms with Crippen LogP contribution in [0.4, 0.5) is 4.79 Å². The van der Waals surface area contributed by atoms with Crippen LogP contribution in [0.15, 0.2) is 28.7 Å². The summed E-state index contributed by atoms with van der Waals surface area (Å²) in [4.78, 5) is 13.8. The third kappa shape index (κ3) is 7.48. The average Bonchev–Trinajstić information content (AvgIpc) is 2.34. The number of halogens is 1. The fraction of sp³-hybridized carbons (Fsp3) is 0.562. The predicted molar refractivity (Wildman–Crippen MR) is 89.6 cm³/mol. The summed E-state index contributed by atoms with van der Waals surface area (Å²) in [6, 6.07) is 8.47. The molecule has 0 aliphatic rings. The topological polar surface area (TPSA) is 41.6 Å². The van der Waals surface area contributed by atoms with Crippen LogP contribution < -0.4 is 5.32 Å². The Morgan fingerprint density at radius 2 is 1.86 bits per heavy atom. The Morgan fingerprint density at radius 1 is 1.29 bits per heavy atom. The second-order valence-corrected chi connectivity index (χ2v) is 7.25. The lowest BCUT2D eigenvalue weighted by atomic mass is 10.1. The molecule has 118 valence electrons. The smallest absolute Gasteiger partial charge is 0.407 e. The predicted octanol–water partition coefficient (Wildman–Crippen LogP) is 3.45. The first-order valence-corrected chi connectivity index (χ1v) is 7.84. The van der Waals surface area contributed by atoms with E-state index < -0.39 is 5.60 Å². The van der Waals surface area contributed by atoms with Crippen molar-refractivity contribution in [3.8, 4) is 0 Å². The highest BCUT2D eigenvalue weighted by atomic mass is 79.9. The van der Waals surface area contributed by atoms with Crippen LogP contribution >= 0.6 is 15.9 Å². The van der Waals surface area contributed by atoms with Crippen molar-refractivity contribution < 1.29 is 9.53 Å². The van der Waals surface area contributed by atoms with Crippen molar-refractivity contribution in [3.05, 3.63) is 34.3 Å². The van der Waals surface area contributed by atoms with E-state index in [9.17, 15) is 4.79 Å². The van der Waals surface area contributed by atoms with E-state index in [0.717, 1.165) is 10.9 Å². The van der Waals surface area contributed by atoms with Gasteiger partial charge in [-0.1, -0.05) is 28.1 Å². The third-order valence-corrected chi connectivity index (χ3v) is 3.52. The maximum absolute atomic E-state index is 11.7. The Labute approximate surface area is 136 Å². The summed E-state index contributed by atoms with van der Waals surface area (Å²) in [5, 5.41) is 2.84. The highest BCUT2D eigenvalue weighted by molar-refractivity contribution is 9.10. The van der Waals surface area contributed by atoms with Gasteiger partial charge in [0.2, 0.25) is 0 Å². The molecule has 0 aliphatic carbocycles. The molecule has 1 amide bonds. The number of nitrogens with one attached hydrogen (secondary N) is 1. The number of hydrogen-bond donors (Lipinski definition) is 1. The van der Waals surface area contributed by atoms with E-state index in [2.05, 4.69) is 38.3 Å². The van der Waals surface area contributed by atoms with Crippen LogP contribution in [0.5, 0.6) is 0 Å². The van der Waals surface area contributed by atoms with Crippen molar-refractivity contribution in [3.63, 3.8) is 0 Å². The van der Waals surface area contributed by atoms with Gasteiger partial charge in [0.15, 0.2) is 0 Å². The second kappa shape index (κ2) is 7.80. The molecule has 0 spiro atoms. The first-order valence-electron chi connectivity index (χ1n) is 7.05. The zero-order chi connectivity index (χ0) is 16.0. The molecule has 5 heteroatoms. The van der Waals surface area contributed by atoms with E-state index >= 15 is 0 Å². The van der Waals surface area contributed by atoms with Gasteiger partial charge in [-0.25, -0.2) is 4.79 Å². The minimum absolute atomic E-state index is 0.221. The Hall–Kier alpha value is -1.07. The molecule has 0 unspecified atom stereocenters. The summed E-state index contributed by atoms with van der Waals surface area (Å²) < 4.78 is 6.33. The number of carbonyl (C=O) groups excluding carboxylic acids is 1. The van der Waals surface area contributed by atoms with Crippen LogP contribution in [0, 0.1) is 0 Å². The van der Waals surface area contributed by atoms with Crippen molar-refractivity contribution >= 4 is 22.0 Å². The first kappa shape index (κ1) is 18.0. The van der Waals surface area contributed by atoms with E-state index in [1.54, 1.807) is 0 Å². The third-order valence-electron chi connectivity index (χ3n) is 3.00. The molecule has 1 aromatic carbocycles. The van der Waals surface area contributed by atoms with Gasteiger partial charge in [0, 0.05) is 17.1 Å². The Bertz CT molecular complexity index is 452. The summed E-state index contributed by atoms with van der Waals surface area (Å²) in [6.45, 7) is 6.13. The summed E-state index contributed by atoms with van der Waals surface area (Å²) in [5.74, 6) is 0. The maximum atomic E-state index is 11.7. The number of amides is 1. The van der Waals surface area contributed by atoms with Gasteiger partial charge in [-0.05, 0) is 59.0 Å². The highest BCUT2D eigenvalue weighted by Crippen LogP contribution is 2.13. The van der Waals surface area contributed by atoms with Gasteiger partial charge in [0.1, 0.15) is 5.60 Å². The highest BCUT2D eigenvalue weighted by Gasteiger charge is 2.18. The molecule has 4 nitrogen and oxygen atoms in total. The molecule has 0 heterocycles. The molecule has 0 saturated carbocycles. The number of nitrogens with zero attached hydrogens (tertiary/aromatic N) is 1. The lowest BCUT2D eigenvalue weighted by Crippen LogP contribution is -2.43. The van der Waals surface area contributed by atoms with Gasteiger partial charge in [-0.3, -0.25) is 0 Å². The van der Waals surface area contributed by atoms with Crippen molar-refractivity contribution in [1.29, 1.82) is 0 Å². The van der Waals surface area contributed by atoms with Crippen molar-refractivity contribution in [2.24, 2.45) is 0 Å². The van der Waals surface area contributed by atoms with Crippen molar-refractivity contribution in [1.82, 2.24) is 10.2 Å². The molecule has 1 rings (SSSR count). The van der Waals surface area contributed by atoms with Crippen LogP contribution in [0.25, 0.3) is 0 Å². The molecule has 0 aliphatic heterocycles. The maximum Gasteiger partial charge on any atom is 0.407 e. The number of carbonyl (C=O) groups is 1. The normalized spacial score (nSPS) is 13.1. The second-order valence-electron chi connectivity index (χ2n) is 6.33. The number of rotatable bonds is 5. The molecule has 1 aromatic rings. The SMILES string of the molecule is CN(C)[C@H](CNC(=O)OC(C)(C)C)Cc1ccc(Br)cc1. The molecule has 0 saturated heterocycles. The number of ether oxygens (including phenoxy) is 1. The number of likely N-dealkylation sites (N-methyl/N-ethyl adjacent to an activating group) is 1. The molecule has 0 bridgehead atoms. The number of hydrogen-bond acceptors (Lipinski definition) is 3. The van der Waals surface area contributed by atoms with Gasteiger partial charge < -0.3 is 15.0 Å². The Balaban J connectivity index is 2.54. The summed E-state index contributed by atoms with van der Waals surface area (Å²) >= 11 is 3.43. The standard InChI is InChI=1S/C16H25BrN2O2/c1-16(2,3)21-15(20)18-11-14(19(4)5)10-12-6-8-13(17)9-7-12/h6-9,14H,10-11H2,1-5H3,(H,18,20)/t14-/m0/s1. The molecule has 1 atom stereocenters. The van der Waals surface area contributed by atoms with Gasteiger partial charge in [0.25, 0.3) is 0 Å². The number of alkyl carbamates (subject to hydrolysis) is 1. The van der Waals surface area contributed by atoms with Crippen molar-refractivity contribution in [2.75, 3.05) is 20.6 Å². The lowest BCUT2D eigenvalue weighted by molar-refractivity contribution is 0.0514.